The Morgan fingerprint density at radius 3 is 2.81 bits per heavy atom. The van der Waals surface area contributed by atoms with Crippen LogP contribution in [0.2, 0.25) is 0 Å². The van der Waals surface area contributed by atoms with Gasteiger partial charge >= 0.3 is 5.97 Å². The van der Waals surface area contributed by atoms with Gasteiger partial charge in [-0.1, -0.05) is 18.2 Å². The number of ether oxygens (including phenoxy) is 1. The lowest BCUT2D eigenvalue weighted by Gasteiger charge is -2.34. The van der Waals surface area contributed by atoms with Crippen molar-refractivity contribution in [2.24, 2.45) is 0 Å². The van der Waals surface area contributed by atoms with E-state index in [0.29, 0.717) is 12.2 Å². The van der Waals surface area contributed by atoms with Gasteiger partial charge in [0.25, 0.3) is 5.91 Å². The van der Waals surface area contributed by atoms with E-state index in [0.717, 1.165) is 10.9 Å². The zero-order valence-electron chi connectivity index (χ0n) is 11.6. The number of amides is 1. The largest absolute Gasteiger partial charge is 0.479 e. The van der Waals surface area contributed by atoms with Crippen LogP contribution in [0.15, 0.2) is 30.3 Å². The molecule has 6 nitrogen and oxygen atoms in total. The summed E-state index contributed by atoms with van der Waals surface area (Å²) in [6.45, 7) is 2.21. The van der Waals surface area contributed by atoms with Crippen LogP contribution in [0, 0.1) is 0 Å². The van der Waals surface area contributed by atoms with Crippen LogP contribution in [0.5, 0.6) is 0 Å². The van der Waals surface area contributed by atoms with Gasteiger partial charge in [0.15, 0.2) is 6.10 Å². The highest BCUT2D eigenvalue weighted by molar-refractivity contribution is 5.98. The first-order valence-corrected chi connectivity index (χ1v) is 6.80. The molecule has 1 aromatic heterocycles. The van der Waals surface area contributed by atoms with E-state index in [1.807, 2.05) is 24.3 Å². The fourth-order valence-electron chi connectivity index (χ4n) is 2.61. The van der Waals surface area contributed by atoms with E-state index in [9.17, 15) is 9.59 Å². The highest BCUT2D eigenvalue weighted by Crippen LogP contribution is 2.18. The second-order valence-electron chi connectivity index (χ2n) is 5.25. The maximum atomic E-state index is 12.5. The number of rotatable bonds is 2. The summed E-state index contributed by atoms with van der Waals surface area (Å²) in [5.74, 6) is -1.25. The van der Waals surface area contributed by atoms with Gasteiger partial charge in [0.2, 0.25) is 0 Å². The number of benzene rings is 1. The van der Waals surface area contributed by atoms with Crippen LogP contribution in [0.4, 0.5) is 0 Å². The van der Waals surface area contributed by atoms with Crippen molar-refractivity contribution in [3.05, 3.63) is 36.0 Å². The van der Waals surface area contributed by atoms with E-state index in [1.165, 1.54) is 4.90 Å². The molecule has 1 aliphatic heterocycles. The molecule has 1 aliphatic rings. The summed E-state index contributed by atoms with van der Waals surface area (Å²) in [5, 5.41) is 10.0. The molecule has 1 unspecified atom stereocenters. The number of morpholine rings is 1. The maximum absolute atomic E-state index is 12.5. The molecule has 3 rings (SSSR count). The van der Waals surface area contributed by atoms with E-state index in [4.69, 9.17) is 9.84 Å². The van der Waals surface area contributed by atoms with Gasteiger partial charge in [-0.3, -0.25) is 4.79 Å². The normalized spacial score (nSPS) is 22.4. The van der Waals surface area contributed by atoms with Gasteiger partial charge in [-0.25, -0.2) is 4.79 Å². The Hall–Kier alpha value is -2.34. The van der Waals surface area contributed by atoms with Gasteiger partial charge in [-0.15, -0.1) is 0 Å². The quantitative estimate of drug-likeness (QED) is 0.877. The summed E-state index contributed by atoms with van der Waals surface area (Å²) < 4.78 is 5.32. The van der Waals surface area contributed by atoms with Gasteiger partial charge in [-0.2, -0.15) is 0 Å². The molecule has 2 heterocycles. The summed E-state index contributed by atoms with van der Waals surface area (Å²) in [5.41, 5.74) is 1.35. The minimum Gasteiger partial charge on any atom is -0.479 e. The fraction of sp³-hybridized carbons (Fsp3) is 0.333. The van der Waals surface area contributed by atoms with Crippen LogP contribution in [0.25, 0.3) is 10.9 Å². The molecule has 21 heavy (non-hydrogen) atoms. The fourth-order valence-corrected chi connectivity index (χ4v) is 2.61. The monoisotopic (exact) mass is 288 g/mol. The molecule has 2 aromatic rings. The van der Waals surface area contributed by atoms with E-state index in [2.05, 4.69) is 4.98 Å². The molecular weight excluding hydrogens is 272 g/mol. The summed E-state index contributed by atoms with van der Waals surface area (Å²) in [6, 6.07) is 9.40. The predicted molar refractivity (Wildman–Crippen MR) is 76.2 cm³/mol. The van der Waals surface area contributed by atoms with Crippen molar-refractivity contribution >= 4 is 22.8 Å². The molecule has 0 bridgehead atoms. The summed E-state index contributed by atoms with van der Waals surface area (Å²) in [6.07, 6.45) is -1.27. The Balaban J connectivity index is 1.85. The number of aromatic amines is 1. The lowest BCUT2D eigenvalue weighted by molar-refractivity contribution is -0.160. The Morgan fingerprint density at radius 2 is 2.10 bits per heavy atom. The molecule has 0 radical (unpaired) electrons. The first kappa shape index (κ1) is 13.6. The number of hydrogen-bond donors (Lipinski definition) is 2. The standard InChI is InChI=1S/C15H16N2O4/c1-9-7-17(8-13(21-9)15(19)20)14(18)12-6-10-4-2-3-5-11(10)16-12/h2-6,9,13,16H,7-8H2,1H3,(H,19,20)/t9-,13?/m1/s1. The van der Waals surface area contributed by atoms with Gasteiger partial charge in [0, 0.05) is 17.4 Å². The van der Waals surface area contributed by atoms with E-state index in [1.54, 1.807) is 13.0 Å². The minimum atomic E-state index is -1.05. The average molecular weight is 288 g/mol. The Labute approximate surface area is 121 Å². The molecule has 1 fully saturated rings. The van der Waals surface area contributed by atoms with Gasteiger partial charge in [0.05, 0.1) is 12.6 Å². The number of fused-ring (bicyclic) bond motifs is 1. The number of para-hydroxylation sites is 1. The van der Waals surface area contributed by atoms with E-state index in [-0.39, 0.29) is 18.6 Å². The highest BCUT2D eigenvalue weighted by Gasteiger charge is 2.33. The third kappa shape index (κ3) is 2.62. The molecule has 2 N–H and O–H groups in total. The minimum absolute atomic E-state index is 0.0634. The number of carbonyl (C=O) groups excluding carboxylic acids is 1. The van der Waals surface area contributed by atoms with Gasteiger partial charge < -0.3 is 19.7 Å². The molecule has 0 spiro atoms. The first-order valence-electron chi connectivity index (χ1n) is 6.80. The van der Waals surface area contributed by atoms with Crippen molar-refractivity contribution in [3.63, 3.8) is 0 Å². The van der Waals surface area contributed by atoms with Crippen molar-refractivity contribution in [1.82, 2.24) is 9.88 Å². The number of H-pyrrole nitrogens is 1. The van der Waals surface area contributed by atoms with Crippen LogP contribution in [-0.2, 0) is 9.53 Å². The summed E-state index contributed by atoms with van der Waals surface area (Å²) >= 11 is 0. The third-order valence-electron chi connectivity index (χ3n) is 3.58. The first-order chi connectivity index (χ1) is 10.0. The number of aromatic nitrogens is 1. The number of hydrogen-bond acceptors (Lipinski definition) is 3. The zero-order chi connectivity index (χ0) is 15.0. The Morgan fingerprint density at radius 1 is 1.33 bits per heavy atom. The van der Waals surface area contributed by atoms with Crippen molar-refractivity contribution in [2.75, 3.05) is 13.1 Å². The van der Waals surface area contributed by atoms with Crippen LogP contribution in [0.1, 0.15) is 17.4 Å². The second kappa shape index (κ2) is 5.21. The van der Waals surface area contributed by atoms with Crippen LogP contribution >= 0.6 is 0 Å². The van der Waals surface area contributed by atoms with Crippen molar-refractivity contribution in [3.8, 4) is 0 Å². The maximum Gasteiger partial charge on any atom is 0.334 e. The zero-order valence-corrected chi connectivity index (χ0v) is 11.6. The van der Waals surface area contributed by atoms with E-state index < -0.39 is 12.1 Å². The molecule has 0 aliphatic carbocycles. The number of carboxylic acid groups (broad SMARTS) is 1. The number of carboxylic acids is 1. The van der Waals surface area contributed by atoms with Crippen molar-refractivity contribution in [2.45, 2.75) is 19.1 Å². The van der Waals surface area contributed by atoms with Crippen molar-refractivity contribution in [1.29, 1.82) is 0 Å². The molecule has 1 amide bonds. The Kier molecular flexibility index (Phi) is 3.39. The van der Waals surface area contributed by atoms with E-state index >= 15 is 0 Å². The summed E-state index contributed by atoms with van der Waals surface area (Å²) in [7, 11) is 0. The van der Waals surface area contributed by atoms with Crippen molar-refractivity contribution < 1.29 is 19.4 Å². The molecule has 2 atom stereocenters. The van der Waals surface area contributed by atoms with Crippen LogP contribution in [0.3, 0.4) is 0 Å². The van der Waals surface area contributed by atoms with Crippen LogP contribution in [-0.4, -0.2) is 52.2 Å². The highest BCUT2D eigenvalue weighted by atomic mass is 16.5. The predicted octanol–water partition coefficient (Wildman–Crippen LogP) is 1.48. The number of nitrogens with zero attached hydrogens (tertiary/aromatic N) is 1. The van der Waals surface area contributed by atoms with Gasteiger partial charge in [0.1, 0.15) is 5.69 Å². The summed E-state index contributed by atoms with van der Waals surface area (Å²) in [4.78, 5) is 28.2. The molecule has 1 saturated heterocycles. The molecule has 1 aromatic carbocycles. The lowest BCUT2D eigenvalue weighted by atomic mass is 10.2. The SMILES string of the molecule is C[C@@H]1CN(C(=O)c2cc3ccccc3[nH]2)CC(C(=O)O)O1. The molecule has 0 saturated carbocycles. The lowest BCUT2D eigenvalue weighted by Crippen LogP contribution is -2.51. The number of aliphatic carboxylic acids is 1. The Bertz CT molecular complexity index is 661. The topological polar surface area (TPSA) is 82.6 Å². The number of carbonyl (C=O) groups is 2. The average Bonchev–Trinajstić information content (AvgIpc) is 2.89. The third-order valence-corrected chi connectivity index (χ3v) is 3.58. The smallest absolute Gasteiger partial charge is 0.334 e. The molecule has 110 valence electrons. The molecule has 6 heteroatoms. The van der Waals surface area contributed by atoms with Crippen LogP contribution < -0.4 is 0 Å². The second-order valence-corrected chi connectivity index (χ2v) is 5.25. The number of nitrogens with one attached hydrogen (secondary N) is 1. The van der Waals surface area contributed by atoms with Gasteiger partial charge in [-0.05, 0) is 19.1 Å². The molecular formula is C15H16N2O4.